The van der Waals surface area contributed by atoms with Crippen molar-refractivity contribution in [3.05, 3.63) is 65.9 Å². The molecule has 1 aromatic heterocycles. The van der Waals surface area contributed by atoms with Gasteiger partial charge in [-0.25, -0.2) is 14.6 Å². The van der Waals surface area contributed by atoms with E-state index in [4.69, 9.17) is 28.2 Å². The Morgan fingerprint density at radius 1 is 1.02 bits per heavy atom. The Morgan fingerprint density at radius 3 is 2.40 bits per heavy atom. The van der Waals surface area contributed by atoms with Gasteiger partial charge >= 0.3 is 19.6 Å². The zero-order valence-electron chi connectivity index (χ0n) is 23.3. The van der Waals surface area contributed by atoms with Gasteiger partial charge in [0.2, 0.25) is 5.88 Å². The van der Waals surface area contributed by atoms with Crippen LogP contribution in [0.2, 0.25) is 0 Å². The smallest absolute Gasteiger partial charge is 0.493 e. The second-order valence-electron chi connectivity index (χ2n) is 9.02. The number of esters is 1. The van der Waals surface area contributed by atoms with Crippen LogP contribution in [0, 0.1) is 6.92 Å². The van der Waals surface area contributed by atoms with Crippen LogP contribution in [0.15, 0.2) is 54.6 Å². The minimum Gasteiger partial charge on any atom is -0.493 e. The lowest BCUT2D eigenvalue weighted by molar-refractivity contribution is -0.149. The maximum atomic E-state index is 13.5. The van der Waals surface area contributed by atoms with E-state index in [0.29, 0.717) is 11.3 Å². The largest absolute Gasteiger partial charge is 0.515 e. The molecule has 216 valence electrons. The summed E-state index contributed by atoms with van der Waals surface area (Å²) in [4.78, 5) is 24.8. The number of carbonyl (C=O) groups excluding carboxylic acids is 2. The lowest BCUT2D eigenvalue weighted by Crippen LogP contribution is -2.36. The normalized spacial score (nSPS) is 13.3. The summed E-state index contributed by atoms with van der Waals surface area (Å²) in [5.74, 6) is -0.0355. The van der Waals surface area contributed by atoms with Crippen LogP contribution in [0.3, 0.4) is 0 Å². The molecule has 0 saturated carbocycles. The highest BCUT2D eigenvalue weighted by atomic mass is 31.2. The van der Waals surface area contributed by atoms with Crippen molar-refractivity contribution >= 4 is 19.6 Å². The number of benzene rings is 2. The van der Waals surface area contributed by atoms with Gasteiger partial charge in [0.05, 0.1) is 24.6 Å². The molecule has 0 radical (unpaired) electrons. The molecule has 0 fully saturated rings. The summed E-state index contributed by atoms with van der Waals surface area (Å²) >= 11 is 0. The summed E-state index contributed by atoms with van der Waals surface area (Å²) in [5, 5.41) is 7.04. The average Bonchev–Trinajstić information content (AvgIpc) is 3.27. The first-order valence-corrected chi connectivity index (χ1v) is 14.2. The fourth-order valence-electron chi connectivity index (χ4n) is 3.54. The molecule has 2 aromatic carbocycles. The van der Waals surface area contributed by atoms with Gasteiger partial charge in [-0.05, 0) is 57.5 Å². The van der Waals surface area contributed by atoms with Gasteiger partial charge in [0.15, 0.2) is 11.5 Å². The maximum absolute atomic E-state index is 13.5. The molecule has 0 saturated heterocycles. The monoisotopic (exact) mass is 575 g/mol. The third-order valence-electron chi connectivity index (χ3n) is 5.21. The van der Waals surface area contributed by atoms with Crippen LogP contribution < -0.4 is 19.1 Å². The molecule has 2 atom stereocenters. The Morgan fingerprint density at radius 2 is 1.75 bits per heavy atom. The number of para-hydroxylation sites is 1. The van der Waals surface area contributed by atoms with Crippen LogP contribution in [0.25, 0.3) is 5.69 Å². The standard InChI is InChI=1S/C27H34N3O9P/c1-18(2)37-26(31)20(4)29-40(33,17-34-5)39-24-15-21(12-13-23(24)35-6)16-36-27(32)38-25-14-19(3)28-30(25)22-10-8-7-9-11-22/h7-15,18,20H,16-17H2,1-6H3,(H,29,33)/t20-,40?/m0/s1. The second kappa shape index (κ2) is 14.0. The number of methoxy groups -OCH3 is 2. The predicted octanol–water partition coefficient (Wildman–Crippen LogP) is 5.01. The number of nitrogens with zero attached hydrogens (tertiary/aromatic N) is 2. The quantitative estimate of drug-likeness (QED) is 0.218. The number of ether oxygens (including phenoxy) is 5. The first kappa shape index (κ1) is 30.7. The zero-order chi connectivity index (χ0) is 29.3. The third kappa shape index (κ3) is 8.57. The van der Waals surface area contributed by atoms with E-state index in [0.717, 1.165) is 5.69 Å². The number of nitrogens with one attached hydrogen (secondary N) is 1. The molecule has 0 spiro atoms. The molecule has 3 aromatic rings. The molecular formula is C27H34N3O9P. The predicted molar refractivity (Wildman–Crippen MR) is 146 cm³/mol. The fourth-order valence-corrected chi connectivity index (χ4v) is 5.22. The summed E-state index contributed by atoms with van der Waals surface area (Å²) in [6, 6.07) is 14.6. The fraction of sp³-hybridized carbons (Fsp3) is 0.370. The Hall–Kier alpha value is -3.86. The van der Waals surface area contributed by atoms with Gasteiger partial charge < -0.3 is 28.2 Å². The first-order valence-electron chi connectivity index (χ1n) is 12.4. The number of aromatic nitrogens is 2. The molecule has 1 N–H and O–H groups in total. The van der Waals surface area contributed by atoms with Crippen molar-refractivity contribution in [2.75, 3.05) is 20.6 Å². The van der Waals surface area contributed by atoms with Crippen molar-refractivity contribution in [3.63, 3.8) is 0 Å². The molecule has 0 aliphatic carbocycles. The number of carbonyl (C=O) groups is 2. The Bertz CT molecular complexity index is 1340. The van der Waals surface area contributed by atoms with Gasteiger partial charge in [0, 0.05) is 13.2 Å². The van der Waals surface area contributed by atoms with E-state index in [9.17, 15) is 14.2 Å². The molecule has 12 nitrogen and oxygen atoms in total. The first-order chi connectivity index (χ1) is 19.0. The molecule has 0 aliphatic rings. The van der Waals surface area contributed by atoms with Gasteiger partial charge in [-0.2, -0.15) is 5.10 Å². The second-order valence-corrected chi connectivity index (χ2v) is 11.1. The summed E-state index contributed by atoms with van der Waals surface area (Å²) < 4.78 is 47.1. The minimum atomic E-state index is -3.77. The van der Waals surface area contributed by atoms with Crippen LogP contribution >= 0.6 is 7.52 Å². The molecule has 0 aliphatic heterocycles. The van der Waals surface area contributed by atoms with Crippen LogP contribution in [0.4, 0.5) is 4.79 Å². The number of rotatable bonds is 13. The van der Waals surface area contributed by atoms with E-state index in [2.05, 4.69) is 10.2 Å². The average molecular weight is 576 g/mol. The topological polar surface area (TPSA) is 136 Å². The van der Waals surface area contributed by atoms with Gasteiger partial charge in [0.25, 0.3) is 0 Å². The molecule has 1 unspecified atom stereocenters. The zero-order valence-corrected chi connectivity index (χ0v) is 24.2. The van der Waals surface area contributed by atoms with Crippen molar-refractivity contribution in [1.82, 2.24) is 14.9 Å². The van der Waals surface area contributed by atoms with Gasteiger partial charge in [0.1, 0.15) is 19.0 Å². The number of hydrogen-bond donors (Lipinski definition) is 1. The molecule has 0 amide bonds. The summed E-state index contributed by atoms with van der Waals surface area (Å²) in [7, 11) is -0.990. The molecule has 40 heavy (non-hydrogen) atoms. The Kier molecular flexibility index (Phi) is 10.7. The van der Waals surface area contributed by atoms with Crippen molar-refractivity contribution in [2.45, 2.75) is 46.4 Å². The maximum Gasteiger partial charge on any atom is 0.515 e. The molecule has 13 heteroatoms. The van der Waals surface area contributed by atoms with E-state index < -0.39 is 25.7 Å². The van der Waals surface area contributed by atoms with E-state index in [-0.39, 0.29) is 36.4 Å². The van der Waals surface area contributed by atoms with Gasteiger partial charge in [-0.15, -0.1) is 0 Å². The van der Waals surface area contributed by atoms with E-state index >= 15 is 0 Å². The van der Waals surface area contributed by atoms with Crippen LogP contribution in [0.1, 0.15) is 32.0 Å². The highest BCUT2D eigenvalue weighted by Crippen LogP contribution is 2.46. The van der Waals surface area contributed by atoms with Gasteiger partial charge in [-0.1, -0.05) is 24.3 Å². The molecular weight excluding hydrogens is 541 g/mol. The highest BCUT2D eigenvalue weighted by Gasteiger charge is 2.32. The minimum absolute atomic E-state index is 0.0899. The molecule has 1 heterocycles. The van der Waals surface area contributed by atoms with Crippen molar-refractivity contribution in [1.29, 1.82) is 0 Å². The lowest BCUT2D eigenvalue weighted by Gasteiger charge is -2.24. The van der Waals surface area contributed by atoms with Crippen molar-refractivity contribution in [3.8, 4) is 23.1 Å². The lowest BCUT2D eigenvalue weighted by atomic mass is 10.2. The third-order valence-corrected chi connectivity index (χ3v) is 7.08. The molecule has 0 bridgehead atoms. The van der Waals surface area contributed by atoms with E-state index in [1.165, 1.54) is 31.9 Å². The Labute approximate surface area is 233 Å². The number of hydrogen-bond acceptors (Lipinski definition) is 10. The van der Waals surface area contributed by atoms with Crippen molar-refractivity contribution in [2.24, 2.45) is 0 Å². The Balaban J connectivity index is 1.71. The molecule has 3 rings (SSSR count). The summed E-state index contributed by atoms with van der Waals surface area (Å²) in [6.07, 6.45) is -1.62. The van der Waals surface area contributed by atoms with E-state index in [1.54, 1.807) is 39.0 Å². The summed E-state index contributed by atoms with van der Waals surface area (Å²) in [5.41, 5.74) is 1.87. The van der Waals surface area contributed by atoms with Crippen LogP contribution in [-0.4, -0.2) is 54.6 Å². The van der Waals surface area contributed by atoms with Crippen molar-refractivity contribution < 1.29 is 42.4 Å². The highest BCUT2D eigenvalue weighted by molar-refractivity contribution is 7.57. The summed E-state index contributed by atoms with van der Waals surface area (Å²) in [6.45, 7) is 6.53. The number of aryl methyl sites for hydroxylation is 1. The van der Waals surface area contributed by atoms with Crippen LogP contribution in [-0.2, 0) is 30.2 Å². The van der Waals surface area contributed by atoms with E-state index in [1.807, 2.05) is 30.3 Å². The van der Waals surface area contributed by atoms with Gasteiger partial charge in [-0.3, -0.25) is 9.36 Å². The SMILES string of the molecule is COCP(=O)(N[C@@H](C)C(=O)OC(C)C)Oc1cc(COC(=O)Oc2cc(C)nn2-c2ccccc2)ccc1OC. The van der Waals surface area contributed by atoms with Crippen LogP contribution in [0.5, 0.6) is 17.4 Å².